The molecule has 0 spiro atoms. The molecule has 3 aliphatic rings. The third kappa shape index (κ3) is 3.65. The predicted octanol–water partition coefficient (Wildman–Crippen LogP) is 1.18. The Balaban J connectivity index is 1.57. The molecule has 1 fully saturated rings. The number of aliphatic hydroxyl groups is 1. The van der Waals surface area contributed by atoms with Crippen molar-refractivity contribution < 1.29 is 9.90 Å². The molecule has 0 bridgehead atoms. The average molecular weight is 382 g/mol. The molecule has 8 heteroatoms. The van der Waals surface area contributed by atoms with Crippen LogP contribution in [0, 0.1) is 19.8 Å². The van der Waals surface area contributed by atoms with Crippen LogP contribution in [0.4, 0.5) is 0 Å². The van der Waals surface area contributed by atoms with Crippen LogP contribution in [0.3, 0.4) is 0 Å². The molecule has 0 aliphatic carbocycles. The standard InChI is InChI=1S/C20H26N6O2/c1-12-16(11-26-7-3-14(27)4-8-26)13(2)24-17(12)9-18-19(22-6-5-21-18)15-10-23-25-20(15)28/h5-6,9-10,14-15,21,24,27H,3-4,7-8,11H2,1-2H3,(H,25,28). The zero-order valence-electron chi connectivity index (χ0n) is 16.2. The molecule has 4 N–H and O–H groups in total. The van der Waals surface area contributed by atoms with Crippen LogP contribution in [0.15, 0.2) is 28.2 Å². The lowest BCUT2D eigenvalue weighted by Gasteiger charge is -2.29. The summed E-state index contributed by atoms with van der Waals surface area (Å²) in [5.74, 6) is -0.659. The minimum absolute atomic E-state index is 0.163. The molecule has 0 saturated carbocycles. The Morgan fingerprint density at radius 3 is 2.82 bits per heavy atom. The molecule has 8 nitrogen and oxygen atoms in total. The highest BCUT2D eigenvalue weighted by atomic mass is 16.3. The van der Waals surface area contributed by atoms with Crippen LogP contribution in [-0.4, -0.2) is 52.0 Å². The fourth-order valence-electron chi connectivity index (χ4n) is 3.90. The number of likely N-dealkylation sites (tertiary alicyclic amines) is 1. The van der Waals surface area contributed by atoms with Crippen LogP contribution < -0.4 is 10.7 Å². The van der Waals surface area contributed by atoms with E-state index in [1.54, 1.807) is 18.6 Å². The largest absolute Gasteiger partial charge is 0.393 e. The van der Waals surface area contributed by atoms with E-state index in [1.807, 2.05) is 6.08 Å². The molecule has 1 atom stereocenters. The number of aliphatic imine (C=N–C) groups is 1. The number of aromatic amines is 1. The molecule has 1 saturated heterocycles. The van der Waals surface area contributed by atoms with Crippen LogP contribution in [0.5, 0.6) is 0 Å². The molecule has 1 aromatic rings. The quantitative estimate of drug-likeness (QED) is 0.627. The summed E-state index contributed by atoms with van der Waals surface area (Å²) in [6.07, 6.45) is 8.50. The van der Waals surface area contributed by atoms with Crippen molar-refractivity contribution in [2.75, 3.05) is 13.1 Å². The van der Waals surface area contributed by atoms with Crippen molar-refractivity contribution in [3.8, 4) is 0 Å². The van der Waals surface area contributed by atoms with Crippen molar-refractivity contribution in [1.82, 2.24) is 20.6 Å². The molecule has 4 heterocycles. The number of carbonyl (C=O) groups is 1. The number of H-pyrrole nitrogens is 1. The second kappa shape index (κ2) is 7.73. The lowest BCUT2D eigenvalue weighted by atomic mass is 9.99. The number of hydrogen-bond acceptors (Lipinski definition) is 6. The van der Waals surface area contributed by atoms with Gasteiger partial charge in [-0.1, -0.05) is 0 Å². The fourth-order valence-corrected chi connectivity index (χ4v) is 3.90. The Morgan fingerprint density at radius 2 is 2.11 bits per heavy atom. The summed E-state index contributed by atoms with van der Waals surface area (Å²) in [4.78, 5) is 22.3. The number of piperidine rings is 1. The van der Waals surface area contributed by atoms with Gasteiger partial charge < -0.3 is 15.4 Å². The minimum atomic E-state index is -0.487. The maximum absolute atomic E-state index is 12.0. The molecule has 148 valence electrons. The summed E-state index contributed by atoms with van der Waals surface area (Å²) in [7, 11) is 0. The Kier molecular flexibility index (Phi) is 5.15. The number of amides is 1. The van der Waals surface area contributed by atoms with Gasteiger partial charge in [-0.25, -0.2) is 5.43 Å². The lowest BCUT2D eigenvalue weighted by Crippen LogP contribution is -2.35. The SMILES string of the molecule is Cc1[nH]c(C=C2NC=CN=C2C2C=NNC2=O)c(C)c1CN1CCC(O)CC1. The summed E-state index contributed by atoms with van der Waals surface area (Å²) in [5, 5.41) is 16.8. The van der Waals surface area contributed by atoms with E-state index in [0.29, 0.717) is 5.71 Å². The van der Waals surface area contributed by atoms with Gasteiger partial charge in [-0.05, 0) is 43.9 Å². The number of nitrogens with zero attached hydrogens (tertiary/aromatic N) is 3. The van der Waals surface area contributed by atoms with Gasteiger partial charge in [-0.15, -0.1) is 0 Å². The summed E-state index contributed by atoms with van der Waals surface area (Å²) in [5.41, 5.74) is 8.52. The van der Waals surface area contributed by atoms with Gasteiger partial charge in [0.05, 0.1) is 17.5 Å². The first kappa shape index (κ1) is 18.6. The number of allylic oxidation sites excluding steroid dienone is 1. The maximum atomic E-state index is 12.0. The molecule has 0 aromatic carbocycles. The normalized spacial score (nSPS) is 24.5. The summed E-state index contributed by atoms with van der Waals surface area (Å²) in [6.45, 7) is 6.91. The molecule has 4 rings (SSSR count). The van der Waals surface area contributed by atoms with E-state index in [0.717, 1.165) is 49.6 Å². The van der Waals surface area contributed by atoms with Gasteiger partial charge in [0.25, 0.3) is 5.91 Å². The van der Waals surface area contributed by atoms with Gasteiger partial charge >= 0.3 is 0 Å². The maximum Gasteiger partial charge on any atom is 0.254 e. The number of aliphatic hydroxyl groups excluding tert-OH is 1. The van der Waals surface area contributed by atoms with Crippen molar-refractivity contribution >= 4 is 23.9 Å². The number of hydrogen-bond donors (Lipinski definition) is 4. The molecule has 0 radical (unpaired) electrons. The number of hydrazone groups is 1. The first-order valence-electron chi connectivity index (χ1n) is 9.65. The average Bonchev–Trinajstić information content (AvgIpc) is 3.22. The van der Waals surface area contributed by atoms with E-state index in [9.17, 15) is 9.90 Å². The molecule has 3 aliphatic heterocycles. The predicted molar refractivity (Wildman–Crippen MR) is 109 cm³/mol. The van der Waals surface area contributed by atoms with Crippen LogP contribution in [-0.2, 0) is 11.3 Å². The van der Waals surface area contributed by atoms with Crippen molar-refractivity contribution in [1.29, 1.82) is 0 Å². The van der Waals surface area contributed by atoms with Crippen molar-refractivity contribution in [2.24, 2.45) is 16.0 Å². The monoisotopic (exact) mass is 382 g/mol. The highest BCUT2D eigenvalue weighted by Gasteiger charge is 2.30. The highest BCUT2D eigenvalue weighted by Crippen LogP contribution is 2.24. The Bertz CT molecular complexity index is 887. The Hall–Kier alpha value is -2.71. The van der Waals surface area contributed by atoms with E-state index in [-0.39, 0.29) is 12.0 Å². The number of rotatable bonds is 4. The van der Waals surface area contributed by atoms with Crippen molar-refractivity contribution in [2.45, 2.75) is 39.3 Å². The van der Waals surface area contributed by atoms with Crippen LogP contribution in [0.1, 0.15) is 35.4 Å². The summed E-state index contributed by atoms with van der Waals surface area (Å²) in [6, 6.07) is 0. The second-order valence-corrected chi connectivity index (χ2v) is 7.54. The zero-order valence-corrected chi connectivity index (χ0v) is 16.2. The van der Waals surface area contributed by atoms with Gasteiger partial charge in [0, 0.05) is 49.6 Å². The number of aryl methyl sites for hydroxylation is 1. The first-order chi connectivity index (χ1) is 13.5. The highest BCUT2D eigenvalue weighted by molar-refractivity contribution is 6.24. The smallest absolute Gasteiger partial charge is 0.254 e. The van der Waals surface area contributed by atoms with E-state index in [4.69, 9.17) is 0 Å². The van der Waals surface area contributed by atoms with Crippen molar-refractivity contribution in [3.63, 3.8) is 0 Å². The third-order valence-corrected chi connectivity index (χ3v) is 5.64. The van der Waals surface area contributed by atoms with Crippen molar-refractivity contribution in [3.05, 3.63) is 40.6 Å². The third-order valence-electron chi connectivity index (χ3n) is 5.64. The molecular formula is C20H26N6O2. The van der Waals surface area contributed by atoms with E-state index in [1.165, 1.54) is 11.1 Å². The first-order valence-corrected chi connectivity index (χ1v) is 9.65. The molecule has 1 unspecified atom stereocenters. The topological polar surface area (TPSA) is 105 Å². The molecule has 1 amide bonds. The zero-order chi connectivity index (χ0) is 19.7. The van der Waals surface area contributed by atoms with E-state index < -0.39 is 5.92 Å². The molecular weight excluding hydrogens is 356 g/mol. The Labute approximate surface area is 164 Å². The van der Waals surface area contributed by atoms with Gasteiger partial charge in [-0.2, -0.15) is 5.10 Å². The van der Waals surface area contributed by atoms with Crippen LogP contribution >= 0.6 is 0 Å². The Morgan fingerprint density at radius 1 is 1.32 bits per heavy atom. The molecule has 1 aromatic heterocycles. The van der Waals surface area contributed by atoms with Gasteiger partial charge in [-0.3, -0.25) is 14.7 Å². The van der Waals surface area contributed by atoms with E-state index >= 15 is 0 Å². The van der Waals surface area contributed by atoms with Gasteiger partial charge in [0.15, 0.2) is 0 Å². The number of nitrogens with one attached hydrogen (secondary N) is 3. The number of carbonyl (C=O) groups excluding carboxylic acids is 1. The fraction of sp³-hybridized carbons (Fsp3) is 0.450. The van der Waals surface area contributed by atoms with Crippen LogP contribution in [0.2, 0.25) is 0 Å². The summed E-state index contributed by atoms with van der Waals surface area (Å²) >= 11 is 0. The number of aromatic nitrogens is 1. The van der Waals surface area contributed by atoms with E-state index in [2.05, 4.69) is 44.6 Å². The summed E-state index contributed by atoms with van der Waals surface area (Å²) < 4.78 is 0. The second-order valence-electron chi connectivity index (χ2n) is 7.54. The van der Waals surface area contributed by atoms with Crippen LogP contribution in [0.25, 0.3) is 6.08 Å². The lowest BCUT2D eigenvalue weighted by molar-refractivity contribution is -0.120. The molecule has 28 heavy (non-hydrogen) atoms. The van der Waals surface area contributed by atoms with Gasteiger partial charge in [0.1, 0.15) is 5.92 Å². The van der Waals surface area contributed by atoms with Gasteiger partial charge in [0.2, 0.25) is 0 Å². The minimum Gasteiger partial charge on any atom is -0.393 e.